The molecule has 4 rings (SSSR count). The Morgan fingerprint density at radius 2 is 1.85 bits per heavy atom. The molecule has 0 bridgehead atoms. The monoisotopic (exact) mass is 346 g/mol. The maximum absolute atomic E-state index is 13.0. The first kappa shape index (κ1) is 16.5. The molecule has 1 saturated heterocycles. The zero-order valence-corrected chi connectivity index (χ0v) is 15.1. The van der Waals surface area contributed by atoms with Crippen LogP contribution in [-0.4, -0.2) is 47.0 Å². The predicted octanol–water partition coefficient (Wildman–Crippen LogP) is 3.21. The molecule has 5 heteroatoms. The van der Waals surface area contributed by atoms with Crippen LogP contribution in [0.4, 0.5) is 5.69 Å². The van der Waals surface area contributed by atoms with Crippen molar-refractivity contribution in [3.8, 4) is 0 Å². The molecule has 2 aromatic heterocycles. The number of fused-ring (bicyclic) bond motifs is 1. The number of pyridine rings is 2. The molecule has 0 spiro atoms. The van der Waals surface area contributed by atoms with Crippen LogP contribution in [0.5, 0.6) is 0 Å². The predicted molar refractivity (Wildman–Crippen MR) is 104 cm³/mol. The molecule has 26 heavy (non-hydrogen) atoms. The Labute approximate surface area is 153 Å². The van der Waals surface area contributed by atoms with E-state index in [1.807, 2.05) is 24.0 Å². The molecule has 0 saturated carbocycles. The van der Waals surface area contributed by atoms with Gasteiger partial charge < -0.3 is 9.80 Å². The number of amides is 1. The summed E-state index contributed by atoms with van der Waals surface area (Å²) in [6.45, 7) is 7.13. The number of rotatable bonds is 2. The number of hydrogen-bond acceptors (Lipinski definition) is 4. The molecule has 1 fully saturated rings. The molecule has 3 aromatic rings. The van der Waals surface area contributed by atoms with Crippen molar-refractivity contribution < 1.29 is 4.79 Å². The fourth-order valence-corrected chi connectivity index (χ4v) is 3.49. The minimum atomic E-state index is 0.0599. The third-order valence-electron chi connectivity index (χ3n) is 4.97. The second-order valence-electron chi connectivity index (χ2n) is 6.81. The van der Waals surface area contributed by atoms with Crippen LogP contribution in [-0.2, 0) is 0 Å². The third kappa shape index (κ3) is 3.12. The maximum Gasteiger partial charge on any atom is 0.255 e. The van der Waals surface area contributed by atoms with Crippen LogP contribution in [0.15, 0.2) is 48.8 Å². The Kier molecular flexibility index (Phi) is 4.29. The molecule has 1 aromatic carbocycles. The zero-order chi connectivity index (χ0) is 18.1. The van der Waals surface area contributed by atoms with Gasteiger partial charge in [0.15, 0.2) is 0 Å². The Bertz CT molecular complexity index is 961. The normalized spacial score (nSPS) is 14.7. The van der Waals surface area contributed by atoms with Crippen LogP contribution in [0.3, 0.4) is 0 Å². The van der Waals surface area contributed by atoms with E-state index in [-0.39, 0.29) is 5.91 Å². The maximum atomic E-state index is 13.0. The van der Waals surface area contributed by atoms with Crippen molar-refractivity contribution >= 4 is 22.5 Å². The summed E-state index contributed by atoms with van der Waals surface area (Å²) in [7, 11) is 0. The summed E-state index contributed by atoms with van der Waals surface area (Å²) in [4.78, 5) is 26.0. The molecule has 1 amide bonds. The number of nitrogens with zero attached hydrogens (tertiary/aromatic N) is 4. The molecule has 132 valence electrons. The van der Waals surface area contributed by atoms with Gasteiger partial charge in [0.2, 0.25) is 0 Å². The summed E-state index contributed by atoms with van der Waals surface area (Å²) < 4.78 is 0. The van der Waals surface area contributed by atoms with Crippen LogP contribution < -0.4 is 4.90 Å². The largest absolute Gasteiger partial charge is 0.368 e. The van der Waals surface area contributed by atoms with E-state index in [2.05, 4.69) is 46.1 Å². The molecule has 0 aliphatic carbocycles. The van der Waals surface area contributed by atoms with Crippen molar-refractivity contribution in [3.63, 3.8) is 0 Å². The Morgan fingerprint density at radius 1 is 1.04 bits per heavy atom. The molecule has 3 heterocycles. The van der Waals surface area contributed by atoms with Crippen molar-refractivity contribution in [2.24, 2.45) is 0 Å². The summed E-state index contributed by atoms with van der Waals surface area (Å²) in [6.07, 6.45) is 3.48. The van der Waals surface area contributed by atoms with E-state index in [0.29, 0.717) is 5.56 Å². The first-order valence-corrected chi connectivity index (χ1v) is 8.94. The van der Waals surface area contributed by atoms with Crippen molar-refractivity contribution in [1.29, 1.82) is 0 Å². The second-order valence-corrected chi connectivity index (χ2v) is 6.81. The highest BCUT2D eigenvalue weighted by Crippen LogP contribution is 2.21. The van der Waals surface area contributed by atoms with Gasteiger partial charge in [-0.15, -0.1) is 0 Å². The van der Waals surface area contributed by atoms with Crippen LogP contribution in [0.1, 0.15) is 21.6 Å². The number of aromatic nitrogens is 2. The number of piperazine rings is 1. The number of hydrogen-bond donors (Lipinski definition) is 0. The van der Waals surface area contributed by atoms with E-state index in [1.165, 1.54) is 11.3 Å². The van der Waals surface area contributed by atoms with Gasteiger partial charge in [0.1, 0.15) is 0 Å². The SMILES string of the molecule is Cc1cccc(N2CCN(C(=O)c3cc4cnccc4nc3C)CC2)c1. The van der Waals surface area contributed by atoms with Crippen LogP contribution in [0.2, 0.25) is 0 Å². The number of carbonyl (C=O) groups is 1. The quantitative estimate of drug-likeness (QED) is 0.715. The lowest BCUT2D eigenvalue weighted by molar-refractivity contribution is 0.0745. The minimum Gasteiger partial charge on any atom is -0.368 e. The molecular formula is C21H22N4O. The third-order valence-corrected chi connectivity index (χ3v) is 4.97. The van der Waals surface area contributed by atoms with Crippen molar-refractivity contribution in [2.75, 3.05) is 31.1 Å². The fourth-order valence-electron chi connectivity index (χ4n) is 3.49. The van der Waals surface area contributed by atoms with E-state index < -0.39 is 0 Å². The van der Waals surface area contributed by atoms with E-state index >= 15 is 0 Å². The number of aryl methyl sites for hydroxylation is 2. The Balaban J connectivity index is 1.51. The zero-order valence-electron chi connectivity index (χ0n) is 15.1. The van der Waals surface area contributed by atoms with E-state index in [0.717, 1.165) is 42.8 Å². The van der Waals surface area contributed by atoms with Gasteiger partial charge >= 0.3 is 0 Å². The standard InChI is InChI=1S/C21H22N4O/c1-15-4-3-5-18(12-15)24-8-10-25(11-9-24)21(26)19-13-17-14-22-7-6-20(17)23-16(19)2/h3-7,12-14H,8-11H2,1-2H3. The van der Waals surface area contributed by atoms with Gasteiger partial charge in [0, 0.05) is 49.6 Å². The summed E-state index contributed by atoms with van der Waals surface area (Å²) in [5.41, 5.74) is 4.81. The van der Waals surface area contributed by atoms with Crippen LogP contribution in [0.25, 0.3) is 10.9 Å². The highest BCUT2D eigenvalue weighted by molar-refractivity contribution is 5.98. The molecule has 0 N–H and O–H groups in total. The van der Waals surface area contributed by atoms with E-state index in [1.54, 1.807) is 12.4 Å². The number of carbonyl (C=O) groups excluding carboxylic acids is 1. The number of benzene rings is 1. The van der Waals surface area contributed by atoms with Gasteiger partial charge in [-0.05, 0) is 43.7 Å². The Morgan fingerprint density at radius 3 is 2.62 bits per heavy atom. The van der Waals surface area contributed by atoms with Crippen molar-refractivity contribution in [2.45, 2.75) is 13.8 Å². The van der Waals surface area contributed by atoms with Crippen LogP contribution >= 0.6 is 0 Å². The van der Waals surface area contributed by atoms with Crippen molar-refractivity contribution in [3.05, 3.63) is 65.6 Å². The van der Waals surface area contributed by atoms with Crippen LogP contribution in [0, 0.1) is 13.8 Å². The summed E-state index contributed by atoms with van der Waals surface area (Å²) in [5.74, 6) is 0.0599. The molecule has 0 unspecified atom stereocenters. The van der Waals surface area contributed by atoms with Gasteiger partial charge in [0.05, 0.1) is 16.8 Å². The lowest BCUT2D eigenvalue weighted by Gasteiger charge is -2.36. The second kappa shape index (κ2) is 6.75. The summed E-state index contributed by atoms with van der Waals surface area (Å²) in [6, 6.07) is 12.3. The van der Waals surface area contributed by atoms with Gasteiger partial charge in [-0.1, -0.05) is 12.1 Å². The van der Waals surface area contributed by atoms with Gasteiger partial charge in [0.25, 0.3) is 5.91 Å². The molecular weight excluding hydrogens is 324 g/mol. The molecule has 1 aliphatic rings. The highest BCUT2D eigenvalue weighted by Gasteiger charge is 2.24. The number of anilines is 1. The smallest absolute Gasteiger partial charge is 0.255 e. The van der Waals surface area contributed by atoms with E-state index in [9.17, 15) is 4.79 Å². The summed E-state index contributed by atoms with van der Waals surface area (Å²) in [5, 5.41) is 0.903. The topological polar surface area (TPSA) is 49.3 Å². The average molecular weight is 346 g/mol. The van der Waals surface area contributed by atoms with Gasteiger partial charge in [-0.3, -0.25) is 14.8 Å². The molecule has 0 atom stereocenters. The van der Waals surface area contributed by atoms with Crippen molar-refractivity contribution in [1.82, 2.24) is 14.9 Å². The van der Waals surface area contributed by atoms with Gasteiger partial charge in [-0.25, -0.2) is 0 Å². The molecule has 5 nitrogen and oxygen atoms in total. The highest BCUT2D eigenvalue weighted by atomic mass is 16.2. The average Bonchev–Trinajstić information content (AvgIpc) is 2.67. The summed E-state index contributed by atoms with van der Waals surface area (Å²) >= 11 is 0. The van der Waals surface area contributed by atoms with Gasteiger partial charge in [-0.2, -0.15) is 0 Å². The first-order chi connectivity index (χ1) is 12.6. The molecule has 1 aliphatic heterocycles. The molecule has 0 radical (unpaired) electrons. The Hall–Kier alpha value is -2.95. The van der Waals surface area contributed by atoms with E-state index in [4.69, 9.17) is 0 Å². The minimum absolute atomic E-state index is 0.0599. The lowest BCUT2D eigenvalue weighted by Crippen LogP contribution is -2.49. The lowest BCUT2D eigenvalue weighted by atomic mass is 10.1. The fraction of sp³-hybridized carbons (Fsp3) is 0.286. The first-order valence-electron chi connectivity index (χ1n) is 8.94.